The van der Waals surface area contributed by atoms with Gasteiger partial charge in [0.1, 0.15) is 6.20 Å². The zero-order valence-corrected chi connectivity index (χ0v) is 15.4. The van der Waals surface area contributed by atoms with Crippen LogP contribution < -0.4 is 0 Å². The van der Waals surface area contributed by atoms with Gasteiger partial charge in [-0.1, -0.05) is 6.07 Å². The van der Waals surface area contributed by atoms with Gasteiger partial charge in [-0.05, 0) is 43.6 Å². The van der Waals surface area contributed by atoms with Crippen molar-refractivity contribution in [2.24, 2.45) is 7.05 Å². The molecule has 25 heavy (non-hydrogen) atoms. The van der Waals surface area contributed by atoms with Gasteiger partial charge in [0.05, 0.1) is 18.1 Å². The number of rotatable bonds is 5. The number of aryl methyl sites for hydroxylation is 1. The standard InChI is InChI=1S/C16H20N6O2.ClH/c1-11-5-6-13-12(9-11)18-16(21(13)8-7-19(2)3)15-17-10-14(20(15)4)22(23)24;/h5-6,9-10H,7-8H2,1-4H3;1H. The van der Waals surface area contributed by atoms with Gasteiger partial charge in [0.2, 0.25) is 5.82 Å². The van der Waals surface area contributed by atoms with E-state index in [9.17, 15) is 10.1 Å². The molecule has 3 aromatic rings. The Balaban J connectivity index is 0.00000225. The summed E-state index contributed by atoms with van der Waals surface area (Å²) in [6.45, 7) is 3.57. The van der Waals surface area contributed by atoms with Gasteiger partial charge < -0.3 is 19.6 Å². The van der Waals surface area contributed by atoms with Crippen LogP contribution in [-0.2, 0) is 13.6 Å². The summed E-state index contributed by atoms with van der Waals surface area (Å²) in [6.07, 6.45) is 1.27. The summed E-state index contributed by atoms with van der Waals surface area (Å²) in [7, 11) is 5.66. The van der Waals surface area contributed by atoms with Crippen LogP contribution in [0.3, 0.4) is 0 Å². The van der Waals surface area contributed by atoms with Crippen LogP contribution in [0.2, 0.25) is 0 Å². The molecule has 0 N–H and O–H groups in total. The van der Waals surface area contributed by atoms with Gasteiger partial charge in [-0.15, -0.1) is 12.4 Å². The molecule has 0 atom stereocenters. The van der Waals surface area contributed by atoms with Crippen molar-refractivity contribution in [3.8, 4) is 11.6 Å². The first-order chi connectivity index (χ1) is 11.4. The molecule has 0 saturated heterocycles. The molecule has 134 valence electrons. The molecule has 0 aliphatic heterocycles. The highest BCUT2D eigenvalue weighted by Gasteiger charge is 2.23. The Morgan fingerprint density at radius 2 is 2.00 bits per heavy atom. The second kappa shape index (κ2) is 7.20. The Bertz CT molecular complexity index is 915. The van der Waals surface area contributed by atoms with Crippen LogP contribution in [0.15, 0.2) is 24.4 Å². The molecule has 0 amide bonds. The van der Waals surface area contributed by atoms with Crippen molar-refractivity contribution in [3.63, 3.8) is 0 Å². The van der Waals surface area contributed by atoms with E-state index in [1.165, 1.54) is 10.8 Å². The molecule has 0 fully saturated rings. The molecule has 1 aromatic carbocycles. The highest BCUT2D eigenvalue weighted by molar-refractivity contribution is 5.85. The fourth-order valence-corrected chi connectivity index (χ4v) is 2.71. The van der Waals surface area contributed by atoms with Gasteiger partial charge in [-0.2, -0.15) is 0 Å². The molecule has 0 radical (unpaired) electrons. The molecule has 8 nitrogen and oxygen atoms in total. The van der Waals surface area contributed by atoms with Gasteiger partial charge in [0.15, 0.2) is 0 Å². The molecule has 0 bridgehead atoms. The van der Waals surface area contributed by atoms with Crippen molar-refractivity contribution >= 4 is 29.3 Å². The molecular formula is C16H21ClN6O2. The molecule has 0 saturated carbocycles. The highest BCUT2D eigenvalue weighted by atomic mass is 35.5. The van der Waals surface area contributed by atoms with Crippen LogP contribution in [0, 0.1) is 17.0 Å². The van der Waals surface area contributed by atoms with E-state index >= 15 is 0 Å². The second-order valence-electron chi connectivity index (χ2n) is 6.14. The van der Waals surface area contributed by atoms with Gasteiger partial charge in [0.25, 0.3) is 5.82 Å². The average molecular weight is 365 g/mol. The normalized spacial score (nSPS) is 11.1. The van der Waals surface area contributed by atoms with Crippen LogP contribution in [0.4, 0.5) is 5.82 Å². The van der Waals surface area contributed by atoms with Gasteiger partial charge in [-0.25, -0.2) is 14.5 Å². The number of fused-ring (bicyclic) bond motifs is 1. The van der Waals surface area contributed by atoms with E-state index in [1.54, 1.807) is 7.05 Å². The summed E-state index contributed by atoms with van der Waals surface area (Å²) >= 11 is 0. The number of benzene rings is 1. The molecule has 0 spiro atoms. The Morgan fingerprint density at radius 1 is 1.28 bits per heavy atom. The zero-order chi connectivity index (χ0) is 17.4. The van der Waals surface area contributed by atoms with E-state index in [2.05, 4.69) is 14.5 Å². The lowest BCUT2D eigenvalue weighted by atomic mass is 10.2. The van der Waals surface area contributed by atoms with Crippen molar-refractivity contribution < 1.29 is 4.92 Å². The number of nitro groups is 1. The average Bonchev–Trinajstić information content (AvgIpc) is 3.04. The Hall–Kier alpha value is -2.45. The Labute approximate surface area is 151 Å². The van der Waals surface area contributed by atoms with Crippen molar-refractivity contribution in [1.29, 1.82) is 0 Å². The van der Waals surface area contributed by atoms with E-state index in [0.717, 1.165) is 29.7 Å². The molecule has 9 heteroatoms. The molecule has 0 unspecified atom stereocenters. The lowest BCUT2D eigenvalue weighted by Gasteiger charge is -2.12. The minimum Gasteiger partial charge on any atom is -0.358 e. The van der Waals surface area contributed by atoms with Crippen LogP contribution >= 0.6 is 12.4 Å². The molecule has 3 rings (SSSR count). The predicted octanol–water partition coefficient (Wildman–Crippen LogP) is 2.64. The minimum atomic E-state index is -0.437. The van der Waals surface area contributed by atoms with E-state index in [4.69, 9.17) is 4.98 Å². The van der Waals surface area contributed by atoms with Gasteiger partial charge >= 0.3 is 5.82 Å². The van der Waals surface area contributed by atoms with Crippen LogP contribution in [-0.4, -0.2) is 49.6 Å². The summed E-state index contributed by atoms with van der Waals surface area (Å²) in [4.78, 5) is 21.7. The first-order valence-electron chi connectivity index (χ1n) is 7.66. The second-order valence-corrected chi connectivity index (χ2v) is 6.14. The third kappa shape index (κ3) is 3.49. The van der Waals surface area contributed by atoms with E-state index < -0.39 is 4.92 Å². The number of aromatic nitrogens is 4. The topological polar surface area (TPSA) is 82.0 Å². The summed E-state index contributed by atoms with van der Waals surface area (Å²) in [5, 5.41) is 11.1. The molecule has 2 heterocycles. The van der Waals surface area contributed by atoms with Gasteiger partial charge in [-0.3, -0.25) is 0 Å². The maximum Gasteiger partial charge on any atom is 0.343 e. The summed E-state index contributed by atoms with van der Waals surface area (Å²) in [5.74, 6) is 1.09. The fourth-order valence-electron chi connectivity index (χ4n) is 2.71. The number of hydrogen-bond donors (Lipinski definition) is 0. The van der Waals surface area contributed by atoms with Crippen molar-refractivity contribution in [2.75, 3.05) is 20.6 Å². The third-order valence-electron chi connectivity index (χ3n) is 4.03. The quantitative estimate of drug-likeness (QED) is 0.513. The maximum absolute atomic E-state index is 11.1. The summed E-state index contributed by atoms with van der Waals surface area (Å²) < 4.78 is 3.54. The SMILES string of the molecule is Cc1ccc2c(c1)nc(-c1ncc([N+](=O)[O-])n1C)n2CCN(C)C.Cl. The monoisotopic (exact) mass is 364 g/mol. The Morgan fingerprint density at radius 3 is 2.60 bits per heavy atom. The lowest BCUT2D eigenvalue weighted by molar-refractivity contribution is -0.391. The number of nitrogens with zero attached hydrogens (tertiary/aromatic N) is 6. The van der Waals surface area contributed by atoms with Crippen molar-refractivity contribution in [3.05, 3.63) is 40.1 Å². The van der Waals surface area contributed by atoms with E-state index in [1.807, 2.05) is 39.2 Å². The zero-order valence-electron chi connectivity index (χ0n) is 14.6. The number of likely N-dealkylation sites (N-methyl/N-ethyl adjacent to an activating group) is 1. The first-order valence-corrected chi connectivity index (χ1v) is 7.66. The van der Waals surface area contributed by atoms with E-state index in [-0.39, 0.29) is 18.2 Å². The lowest BCUT2D eigenvalue weighted by Crippen LogP contribution is -2.19. The smallest absolute Gasteiger partial charge is 0.343 e. The number of hydrogen-bond acceptors (Lipinski definition) is 5. The first kappa shape index (κ1) is 18.9. The third-order valence-corrected chi connectivity index (χ3v) is 4.03. The van der Waals surface area contributed by atoms with Crippen molar-refractivity contribution in [2.45, 2.75) is 13.5 Å². The van der Waals surface area contributed by atoms with Gasteiger partial charge in [0, 0.05) is 13.1 Å². The minimum absolute atomic E-state index is 0. The highest BCUT2D eigenvalue weighted by Crippen LogP contribution is 2.26. The molecular weight excluding hydrogens is 344 g/mol. The Kier molecular flexibility index (Phi) is 5.44. The van der Waals surface area contributed by atoms with Crippen LogP contribution in [0.5, 0.6) is 0 Å². The summed E-state index contributed by atoms with van der Waals surface area (Å²) in [6, 6.07) is 6.09. The van der Waals surface area contributed by atoms with Crippen LogP contribution in [0.1, 0.15) is 5.56 Å². The molecule has 0 aliphatic rings. The summed E-state index contributed by atoms with van der Waals surface area (Å²) in [5.41, 5.74) is 3.00. The largest absolute Gasteiger partial charge is 0.358 e. The fraction of sp³-hybridized carbons (Fsp3) is 0.375. The maximum atomic E-state index is 11.1. The molecule has 0 aliphatic carbocycles. The number of halogens is 1. The van der Waals surface area contributed by atoms with E-state index in [0.29, 0.717) is 11.6 Å². The van der Waals surface area contributed by atoms with Crippen LogP contribution in [0.25, 0.3) is 22.7 Å². The predicted molar refractivity (Wildman–Crippen MR) is 99.1 cm³/mol. The molecule has 2 aromatic heterocycles. The number of imidazole rings is 2. The van der Waals surface area contributed by atoms with Crippen molar-refractivity contribution in [1.82, 2.24) is 24.0 Å².